The third kappa shape index (κ3) is 3.59. The van der Waals surface area contributed by atoms with Crippen LogP contribution >= 0.6 is 0 Å². The average Bonchev–Trinajstić information content (AvgIpc) is 2.93. The quantitative estimate of drug-likeness (QED) is 0.866. The molecule has 0 aliphatic heterocycles. The molecule has 0 spiro atoms. The van der Waals surface area contributed by atoms with Gasteiger partial charge in [-0.2, -0.15) is 0 Å². The first-order chi connectivity index (χ1) is 9.97. The number of carbonyl (C=O) groups is 2. The van der Waals surface area contributed by atoms with Crippen LogP contribution in [0.2, 0.25) is 0 Å². The van der Waals surface area contributed by atoms with Crippen molar-refractivity contribution in [1.82, 2.24) is 15.0 Å². The van der Waals surface area contributed by atoms with Crippen LogP contribution in [0.5, 0.6) is 0 Å². The van der Waals surface area contributed by atoms with Crippen LogP contribution in [0.25, 0.3) is 0 Å². The molecule has 0 aliphatic rings. The van der Waals surface area contributed by atoms with Gasteiger partial charge in [0.2, 0.25) is 5.91 Å². The van der Waals surface area contributed by atoms with Gasteiger partial charge in [0.1, 0.15) is 0 Å². The lowest BCUT2D eigenvalue weighted by Gasteiger charge is -2.09. The van der Waals surface area contributed by atoms with E-state index in [9.17, 15) is 18.4 Å². The Morgan fingerprint density at radius 3 is 2.62 bits per heavy atom. The van der Waals surface area contributed by atoms with Gasteiger partial charge >= 0.3 is 5.97 Å². The van der Waals surface area contributed by atoms with Gasteiger partial charge in [0.25, 0.3) is 0 Å². The number of aromatic carboxylic acids is 1. The highest BCUT2D eigenvalue weighted by molar-refractivity contribution is 6.00. The number of carboxylic acids is 1. The first kappa shape index (κ1) is 14.6. The van der Waals surface area contributed by atoms with Crippen LogP contribution in [0.4, 0.5) is 14.5 Å². The maximum Gasteiger partial charge on any atom is 0.337 e. The van der Waals surface area contributed by atoms with E-state index < -0.39 is 29.1 Å². The molecule has 0 saturated carbocycles. The Labute approximate surface area is 117 Å². The van der Waals surface area contributed by atoms with E-state index in [0.29, 0.717) is 12.1 Å². The minimum absolute atomic E-state index is 0.0264. The zero-order valence-corrected chi connectivity index (χ0v) is 10.6. The number of aryl methyl sites for hydroxylation is 1. The van der Waals surface area contributed by atoms with Gasteiger partial charge in [-0.05, 0) is 6.07 Å². The molecule has 7 nitrogen and oxygen atoms in total. The van der Waals surface area contributed by atoms with Gasteiger partial charge in [-0.15, -0.1) is 5.10 Å². The number of amides is 1. The van der Waals surface area contributed by atoms with Gasteiger partial charge in [0.15, 0.2) is 11.6 Å². The molecule has 0 radical (unpaired) electrons. The number of nitrogens with one attached hydrogen (secondary N) is 1. The molecule has 2 aromatic rings. The minimum atomic E-state index is -1.47. The van der Waals surface area contributed by atoms with E-state index in [2.05, 4.69) is 15.6 Å². The molecule has 0 bridgehead atoms. The first-order valence-electron chi connectivity index (χ1n) is 5.83. The summed E-state index contributed by atoms with van der Waals surface area (Å²) in [7, 11) is 0. The smallest absolute Gasteiger partial charge is 0.337 e. The number of carbonyl (C=O) groups excluding carboxylic acids is 1. The maximum absolute atomic E-state index is 13.1. The Balaban J connectivity index is 2.09. The minimum Gasteiger partial charge on any atom is -0.478 e. The third-order valence-corrected chi connectivity index (χ3v) is 2.60. The number of hydrogen-bond acceptors (Lipinski definition) is 4. The van der Waals surface area contributed by atoms with Crippen molar-refractivity contribution >= 4 is 17.6 Å². The summed E-state index contributed by atoms with van der Waals surface area (Å²) in [6.45, 7) is 0.220. The van der Waals surface area contributed by atoms with E-state index in [1.54, 1.807) is 6.20 Å². The molecule has 0 atom stereocenters. The van der Waals surface area contributed by atoms with E-state index >= 15 is 0 Å². The molecule has 9 heteroatoms. The highest BCUT2D eigenvalue weighted by atomic mass is 19.2. The van der Waals surface area contributed by atoms with E-state index in [-0.39, 0.29) is 18.7 Å². The van der Waals surface area contributed by atoms with E-state index in [1.807, 2.05) is 0 Å². The summed E-state index contributed by atoms with van der Waals surface area (Å²) in [4.78, 5) is 22.6. The number of benzene rings is 1. The Morgan fingerprint density at radius 2 is 2.00 bits per heavy atom. The molecule has 0 saturated heterocycles. The molecule has 2 rings (SSSR count). The fourth-order valence-electron chi connectivity index (χ4n) is 1.61. The van der Waals surface area contributed by atoms with Crippen molar-refractivity contribution in [2.24, 2.45) is 0 Å². The molecule has 21 heavy (non-hydrogen) atoms. The number of carboxylic acid groups (broad SMARTS) is 1. The van der Waals surface area contributed by atoms with Crippen LogP contribution in [0.1, 0.15) is 16.8 Å². The number of rotatable bonds is 5. The summed E-state index contributed by atoms with van der Waals surface area (Å²) in [6, 6.07) is 1.15. The van der Waals surface area contributed by atoms with Crippen molar-refractivity contribution in [3.05, 3.63) is 41.7 Å². The molecular weight excluding hydrogens is 286 g/mol. The lowest BCUT2D eigenvalue weighted by Crippen LogP contribution is -2.17. The monoisotopic (exact) mass is 296 g/mol. The fourth-order valence-corrected chi connectivity index (χ4v) is 1.61. The molecule has 0 unspecified atom stereocenters. The molecule has 0 aliphatic carbocycles. The highest BCUT2D eigenvalue weighted by Gasteiger charge is 2.17. The van der Waals surface area contributed by atoms with E-state index in [4.69, 9.17) is 5.11 Å². The normalized spacial score (nSPS) is 10.4. The van der Waals surface area contributed by atoms with Gasteiger partial charge < -0.3 is 10.4 Å². The second-order valence-corrected chi connectivity index (χ2v) is 4.08. The topological polar surface area (TPSA) is 97.1 Å². The van der Waals surface area contributed by atoms with Gasteiger partial charge in [-0.25, -0.2) is 13.6 Å². The number of aromatic nitrogens is 3. The van der Waals surface area contributed by atoms with Crippen molar-refractivity contribution in [2.75, 3.05) is 5.32 Å². The van der Waals surface area contributed by atoms with Crippen molar-refractivity contribution in [2.45, 2.75) is 13.0 Å². The SMILES string of the molecule is O=C(CCn1ccnn1)Nc1cc(F)c(F)cc1C(=O)O. The van der Waals surface area contributed by atoms with Gasteiger partial charge in [-0.1, -0.05) is 5.21 Å². The van der Waals surface area contributed by atoms with Crippen molar-refractivity contribution in [1.29, 1.82) is 0 Å². The summed E-state index contributed by atoms with van der Waals surface area (Å²) in [6.07, 6.45) is 2.96. The van der Waals surface area contributed by atoms with Crippen LogP contribution in [0.15, 0.2) is 24.5 Å². The number of hydrogen-bond donors (Lipinski definition) is 2. The summed E-state index contributed by atoms with van der Waals surface area (Å²) in [5.74, 6) is -4.57. The van der Waals surface area contributed by atoms with Crippen LogP contribution in [-0.4, -0.2) is 32.0 Å². The summed E-state index contributed by atoms with van der Waals surface area (Å²) in [5.41, 5.74) is -0.826. The predicted molar refractivity (Wildman–Crippen MR) is 66.6 cm³/mol. The van der Waals surface area contributed by atoms with Gasteiger partial charge in [0, 0.05) is 18.7 Å². The van der Waals surface area contributed by atoms with Gasteiger partial charge in [0.05, 0.1) is 24.0 Å². The lowest BCUT2D eigenvalue weighted by molar-refractivity contribution is -0.116. The number of halogens is 2. The van der Waals surface area contributed by atoms with Crippen molar-refractivity contribution in [3.63, 3.8) is 0 Å². The largest absolute Gasteiger partial charge is 0.478 e. The van der Waals surface area contributed by atoms with E-state index in [0.717, 1.165) is 0 Å². The zero-order valence-electron chi connectivity index (χ0n) is 10.6. The standard InChI is InChI=1S/C12H10F2N4O3/c13-8-5-7(12(20)21)10(6-9(8)14)16-11(19)1-3-18-4-2-15-17-18/h2,4-6H,1,3H2,(H,16,19)(H,20,21). The van der Waals surface area contributed by atoms with Crippen LogP contribution in [0.3, 0.4) is 0 Å². The molecule has 1 aromatic heterocycles. The molecule has 1 heterocycles. The fraction of sp³-hybridized carbons (Fsp3) is 0.167. The Hall–Kier alpha value is -2.84. The summed E-state index contributed by atoms with van der Waals surface area (Å²) < 4.78 is 27.6. The van der Waals surface area contributed by atoms with Gasteiger partial charge in [-0.3, -0.25) is 9.48 Å². The molecule has 110 valence electrons. The highest BCUT2D eigenvalue weighted by Crippen LogP contribution is 2.20. The van der Waals surface area contributed by atoms with Crippen LogP contribution in [0, 0.1) is 11.6 Å². The van der Waals surface area contributed by atoms with Crippen LogP contribution < -0.4 is 5.32 Å². The molecule has 2 N–H and O–H groups in total. The Kier molecular flexibility index (Phi) is 4.21. The summed E-state index contributed by atoms with van der Waals surface area (Å²) >= 11 is 0. The average molecular weight is 296 g/mol. The van der Waals surface area contributed by atoms with Crippen LogP contribution in [-0.2, 0) is 11.3 Å². The second-order valence-electron chi connectivity index (χ2n) is 4.08. The summed E-state index contributed by atoms with van der Waals surface area (Å²) in [5, 5.41) is 18.4. The second kappa shape index (κ2) is 6.07. The lowest BCUT2D eigenvalue weighted by atomic mass is 10.1. The Morgan fingerprint density at radius 1 is 1.29 bits per heavy atom. The molecule has 1 aromatic carbocycles. The Bertz CT molecular complexity index is 673. The number of nitrogens with zero attached hydrogens (tertiary/aromatic N) is 3. The van der Waals surface area contributed by atoms with Crippen molar-refractivity contribution < 1.29 is 23.5 Å². The third-order valence-electron chi connectivity index (χ3n) is 2.60. The number of anilines is 1. The first-order valence-corrected chi connectivity index (χ1v) is 5.83. The van der Waals surface area contributed by atoms with Crippen molar-refractivity contribution in [3.8, 4) is 0 Å². The molecule has 0 fully saturated rings. The molecular formula is C12H10F2N4O3. The van der Waals surface area contributed by atoms with E-state index in [1.165, 1.54) is 10.9 Å². The zero-order chi connectivity index (χ0) is 15.4. The molecule has 1 amide bonds. The predicted octanol–water partition coefficient (Wildman–Crippen LogP) is 1.28. The maximum atomic E-state index is 13.1.